The summed E-state index contributed by atoms with van der Waals surface area (Å²) in [5.41, 5.74) is 2.53. The van der Waals surface area contributed by atoms with Crippen LogP contribution >= 0.6 is 11.6 Å². The molecule has 1 aromatic heterocycles. The number of anilines is 1. The zero-order valence-electron chi connectivity index (χ0n) is 17.1. The number of benzene rings is 1. The summed E-state index contributed by atoms with van der Waals surface area (Å²) >= 11 is 6.52. The van der Waals surface area contributed by atoms with Gasteiger partial charge in [0.15, 0.2) is 0 Å². The molecule has 0 radical (unpaired) electrons. The van der Waals surface area contributed by atoms with Gasteiger partial charge < -0.3 is 4.90 Å². The van der Waals surface area contributed by atoms with Crippen molar-refractivity contribution in [2.24, 2.45) is 0 Å². The average molecular weight is 429 g/mol. The molecule has 0 unspecified atom stereocenters. The van der Waals surface area contributed by atoms with Crippen molar-refractivity contribution < 1.29 is 4.39 Å². The van der Waals surface area contributed by atoms with Crippen molar-refractivity contribution in [1.29, 1.82) is 0 Å². The van der Waals surface area contributed by atoms with Crippen LogP contribution in [0.2, 0.25) is 5.02 Å². The normalized spacial score (nSPS) is 17.3. The summed E-state index contributed by atoms with van der Waals surface area (Å²) in [6.07, 6.45) is 10.8. The first-order valence-electron chi connectivity index (χ1n) is 10.3. The third-order valence-corrected chi connectivity index (χ3v) is 6.01. The average Bonchev–Trinajstić information content (AvgIpc) is 2.94. The van der Waals surface area contributed by atoms with Gasteiger partial charge in [-0.2, -0.15) is 0 Å². The fraction of sp³-hybridized carbons (Fsp3) is 0.348. The zero-order chi connectivity index (χ0) is 21.1. The van der Waals surface area contributed by atoms with Crippen LogP contribution in [0.1, 0.15) is 19.0 Å². The number of rotatable bonds is 5. The first-order valence-corrected chi connectivity index (χ1v) is 10.7. The first kappa shape index (κ1) is 20.7. The molecule has 0 amide bonds. The Balaban J connectivity index is 1.52. The molecule has 5 nitrogen and oxygen atoms in total. The molecular formula is C23H26ClFN4O. The fourth-order valence-electron chi connectivity index (χ4n) is 4.04. The van der Waals surface area contributed by atoms with Crippen molar-refractivity contribution in [3.8, 4) is 0 Å². The van der Waals surface area contributed by atoms with Crippen LogP contribution in [0.3, 0.4) is 0 Å². The van der Waals surface area contributed by atoms with E-state index in [9.17, 15) is 9.18 Å². The van der Waals surface area contributed by atoms with Crippen molar-refractivity contribution >= 4 is 23.0 Å². The molecule has 0 spiro atoms. The quantitative estimate of drug-likeness (QED) is 0.717. The van der Waals surface area contributed by atoms with Crippen molar-refractivity contribution in [2.75, 3.05) is 31.1 Å². The summed E-state index contributed by atoms with van der Waals surface area (Å²) in [5, 5.41) is 0.292. The van der Waals surface area contributed by atoms with Gasteiger partial charge in [0.25, 0.3) is 5.56 Å². The molecule has 7 heteroatoms. The Bertz CT molecular complexity index is 1040. The SMILES string of the molecule is CCn1c(CN2CCN(c3ccc(F)cc3)CC2)c(Cl)c(=O)n1C1=CC=CCC=C1. The molecular weight excluding hydrogens is 403 g/mol. The van der Waals surface area contributed by atoms with Crippen LogP contribution in [0.4, 0.5) is 10.1 Å². The molecule has 0 N–H and O–H groups in total. The van der Waals surface area contributed by atoms with Gasteiger partial charge in [0.2, 0.25) is 0 Å². The van der Waals surface area contributed by atoms with Gasteiger partial charge in [0.05, 0.1) is 11.4 Å². The largest absolute Gasteiger partial charge is 0.369 e. The van der Waals surface area contributed by atoms with Crippen LogP contribution in [0.5, 0.6) is 0 Å². The lowest BCUT2D eigenvalue weighted by atomic mass is 10.2. The Morgan fingerprint density at radius 1 is 1.07 bits per heavy atom. The first-order chi connectivity index (χ1) is 14.6. The predicted molar refractivity (Wildman–Crippen MR) is 120 cm³/mol. The van der Waals surface area contributed by atoms with E-state index in [-0.39, 0.29) is 11.4 Å². The molecule has 0 atom stereocenters. The van der Waals surface area contributed by atoms with Crippen LogP contribution < -0.4 is 10.5 Å². The van der Waals surface area contributed by atoms with E-state index in [0.29, 0.717) is 18.1 Å². The number of nitrogens with zero attached hydrogens (tertiary/aromatic N) is 4. The van der Waals surface area contributed by atoms with Crippen LogP contribution in [0.15, 0.2) is 59.4 Å². The number of hydrogen-bond donors (Lipinski definition) is 0. The molecule has 30 heavy (non-hydrogen) atoms. The van der Waals surface area contributed by atoms with E-state index in [4.69, 9.17) is 11.6 Å². The summed E-state index contributed by atoms with van der Waals surface area (Å²) < 4.78 is 16.8. The van der Waals surface area contributed by atoms with Gasteiger partial charge in [-0.25, -0.2) is 9.07 Å². The Morgan fingerprint density at radius 2 is 1.80 bits per heavy atom. The highest BCUT2D eigenvalue weighted by Gasteiger charge is 2.24. The van der Waals surface area contributed by atoms with Crippen LogP contribution in [0.25, 0.3) is 5.70 Å². The Morgan fingerprint density at radius 3 is 2.50 bits per heavy atom. The molecule has 2 heterocycles. The van der Waals surface area contributed by atoms with Gasteiger partial charge in [0, 0.05) is 45.0 Å². The monoisotopic (exact) mass is 428 g/mol. The third-order valence-electron chi connectivity index (χ3n) is 5.63. The molecule has 2 aromatic rings. The predicted octanol–water partition coefficient (Wildman–Crippen LogP) is 4.14. The highest BCUT2D eigenvalue weighted by atomic mass is 35.5. The minimum atomic E-state index is -0.219. The second-order valence-corrected chi connectivity index (χ2v) is 7.87. The highest BCUT2D eigenvalue weighted by Crippen LogP contribution is 2.22. The Labute approximate surface area is 180 Å². The van der Waals surface area contributed by atoms with Gasteiger partial charge in [0.1, 0.15) is 10.8 Å². The summed E-state index contributed by atoms with van der Waals surface area (Å²) in [7, 11) is 0. The number of hydrogen-bond acceptors (Lipinski definition) is 3. The number of allylic oxidation sites excluding steroid dienone is 6. The summed E-state index contributed by atoms with van der Waals surface area (Å²) in [6.45, 7) is 6.70. The molecule has 1 aliphatic carbocycles. The lowest BCUT2D eigenvalue weighted by molar-refractivity contribution is 0.242. The lowest BCUT2D eigenvalue weighted by Gasteiger charge is -2.36. The van der Waals surface area contributed by atoms with Gasteiger partial charge >= 0.3 is 0 Å². The van der Waals surface area contributed by atoms with E-state index < -0.39 is 0 Å². The fourth-order valence-corrected chi connectivity index (χ4v) is 4.27. The lowest BCUT2D eigenvalue weighted by Crippen LogP contribution is -2.46. The van der Waals surface area contributed by atoms with Crippen molar-refractivity contribution in [3.63, 3.8) is 0 Å². The minimum absolute atomic E-state index is 0.176. The van der Waals surface area contributed by atoms with Gasteiger partial charge in [-0.05, 0) is 49.8 Å². The van der Waals surface area contributed by atoms with Crippen LogP contribution in [-0.2, 0) is 13.1 Å². The smallest absolute Gasteiger partial charge is 0.290 e. The topological polar surface area (TPSA) is 33.4 Å². The van der Waals surface area contributed by atoms with Gasteiger partial charge in [-0.15, -0.1) is 0 Å². The molecule has 158 valence electrons. The second kappa shape index (κ2) is 9.06. The number of aromatic nitrogens is 2. The van der Waals surface area contributed by atoms with E-state index in [0.717, 1.165) is 49.7 Å². The van der Waals surface area contributed by atoms with E-state index >= 15 is 0 Å². The maximum Gasteiger partial charge on any atom is 0.290 e. The van der Waals surface area contributed by atoms with Crippen molar-refractivity contribution in [3.05, 3.63) is 81.5 Å². The number of halogens is 2. The Kier molecular flexibility index (Phi) is 6.25. The second-order valence-electron chi connectivity index (χ2n) is 7.49. The maximum absolute atomic E-state index is 13.2. The van der Waals surface area contributed by atoms with Gasteiger partial charge in [-0.3, -0.25) is 14.4 Å². The molecule has 0 saturated carbocycles. The molecule has 1 fully saturated rings. The van der Waals surface area contributed by atoms with Crippen LogP contribution in [-0.4, -0.2) is 40.4 Å². The summed E-state index contributed by atoms with van der Waals surface area (Å²) in [4.78, 5) is 17.5. The van der Waals surface area contributed by atoms with E-state index in [1.54, 1.807) is 4.68 Å². The minimum Gasteiger partial charge on any atom is -0.369 e. The number of piperazine rings is 1. The maximum atomic E-state index is 13.2. The van der Waals surface area contributed by atoms with Gasteiger partial charge in [-0.1, -0.05) is 29.8 Å². The molecule has 4 rings (SSSR count). The third kappa shape index (κ3) is 4.16. The highest BCUT2D eigenvalue weighted by molar-refractivity contribution is 6.31. The van der Waals surface area contributed by atoms with E-state index in [1.165, 1.54) is 12.1 Å². The standard InChI is InChI=1S/C23H26ClFN4O/c1-2-28-21(22(24)23(30)29(28)20-7-5-3-4-6-8-20)17-26-13-15-27(16-14-26)19-11-9-18(25)10-12-19/h3,5-12H,2,4,13-17H2,1H3. The zero-order valence-corrected chi connectivity index (χ0v) is 17.9. The molecule has 1 aliphatic heterocycles. The van der Waals surface area contributed by atoms with E-state index in [1.807, 2.05) is 48.0 Å². The molecule has 1 aromatic carbocycles. The van der Waals surface area contributed by atoms with E-state index in [2.05, 4.69) is 15.9 Å². The molecule has 0 bridgehead atoms. The molecule has 1 saturated heterocycles. The Hall–Kier alpha value is -2.57. The summed E-state index contributed by atoms with van der Waals surface area (Å²) in [5.74, 6) is -0.219. The van der Waals surface area contributed by atoms with Crippen molar-refractivity contribution in [1.82, 2.24) is 14.3 Å². The van der Waals surface area contributed by atoms with Crippen molar-refractivity contribution in [2.45, 2.75) is 26.4 Å². The molecule has 2 aliphatic rings. The summed E-state index contributed by atoms with van der Waals surface area (Å²) in [6, 6.07) is 6.63. The van der Waals surface area contributed by atoms with Crippen LogP contribution in [0, 0.1) is 5.82 Å².